The Labute approximate surface area is 135 Å². The number of nitrogens with zero attached hydrogens (tertiary/aromatic N) is 2. The second-order valence-corrected chi connectivity index (χ2v) is 5.60. The molecule has 6 heteroatoms. The van der Waals surface area contributed by atoms with Gasteiger partial charge in [0.25, 0.3) is 0 Å². The molecule has 1 aromatic heterocycles. The fraction of sp³-hybridized carbons (Fsp3) is 0.250. The predicted octanol–water partition coefficient (Wildman–Crippen LogP) is 2.55. The molecule has 0 spiro atoms. The minimum Gasteiger partial charge on any atom is -0.367 e. The van der Waals surface area contributed by atoms with Gasteiger partial charge in [-0.05, 0) is 25.7 Å². The van der Waals surface area contributed by atoms with Crippen LogP contribution in [0.15, 0.2) is 42.6 Å². The molecule has 1 atom stereocenters. The molecule has 0 saturated heterocycles. The molecule has 116 valence electrons. The molecule has 3 N–H and O–H groups in total. The summed E-state index contributed by atoms with van der Waals surface area (Å²) in [4.78, 5) is 17.4. The van der Waals surface area contributed by atoms with Gasteiger partial charge in [-0.2, -0.15) is 0 Å². The normalized spacial score (nSPS) is 12.2. The number of pyridine rings is 1. The van der Waals surface area contributed by atoms with Gasteiger partial charge in [-0.1, -0.05) is 41.9 Å². The van der Waals surface area contributed by atoms with Crippen LogP contribution in [0.5, 0.6) is 0 Å². The molecule has 0 aliphatic heterocycles. The third-order valence-corrected chi connectivity index (χ3v) is 3.68. The van der Waals surface area contributed by atoms with E-state index in [0.29, 0.717) is 22.9 Å². The number of benzene rings is 1. The summed E-state index contributed by atoms with van der Waals surface area (Å²) in [5.74, 6) is -0.00847. The summed E-state index contributed by atoms with van der Waals surface area (Å²) >= 11 is 6.14. The van der Waals surface area contributed by atoms with Crippen molar-refractivity contribution in [2.24, 2.45) is 5.73 Å². The number of hydrogen-bond donors (Lipinski definition) is 2. The molecule has 0 bridgehead atoms. The molecule has 0 saturated carbocycles. The second kappa shape index (κ2) is 7.24. The average molecular weight is 319 g/mol. The van der Waals surface area contributed by atoms with Crippen LogP contribution in [0.1, 0.15) is 22.0 Å². The standard InChI is InChI=1S/C16H19ClN4O/c1-21(2)14(11-6-4-3-5-7-11)10-20-16-13(17)8-12(9-19-16)15(18)22/h3-9,14H,10H2,1-2H3,(H2,18,22)(H,19,20). The maximum Gasteiger partial charge on any atom is 0.250 e. The second-order valence-electron chi connectivity index (χ2n) is 5.19. The number of anilines is 1. The Bertz CT molecular complexity index is 646. The summed E-state index contributed by atoms with van der Waals surface area (Å²) in [5, 5.41) is 3.60. The Balaban J connectivity index is 2.12. The van der Waals surface area contributed by atoms with Crippen molar-refractivity contribution in [3.63, 3.8) is 0 Å². The average Bonchev–Trinajstić information content (AvgIpc) is 2.49. The van der Waals surface area contributed by atoms with Crippen LogP contribution in [0, 0.1) is 0 Å². The van der Waals surface area contributed by atoms with Crippen LogP contribution in [0.25, 0.3) is 0 Å². The molecular weight excluding hydrogens is 300 g/mol. The van der Waals surface area contributed by atoms with Gasteiger partial charge >= 0.3 is 0 Å². The lowest BCUT2D eigenvalue weighted by Crippen LogP contribution is -2.27. The number of carbonyl (C=O) groups is 1. The Morgan fingerprint density at radius 3 is 2.59 bits per heavy atom. The smallest absolute Gasteiger partial charge is 0.250 e. The van der Waals surface area contributed by atoms with Crippen LogP contribution in [-0.4, -0.2) is 36.4 Å². The molecule has 0 radical (unpaired) electrons. The topological polar surface area (TPSA) is 71.2 Å². The van der Waals surface area contributed by atoms with Crippen LogP contribution in [0.4, 0.5) is 5.82 Å². The number of likely N-dealkylation sites (N-methyl/N-ethyl adjacent to an activating group) is 1. The van der Waals surface area contributed by atoms with E-state index >= 15 is 0 Å². The summed E-state index contributed by atoms with van der Waals surface area (Å²) < 4.78 is 0. The third-order valence-electron chi connectivity index (χ3n) is 3.40. The molecule has 1 unspecified atom stereocenters. The highest BCUT2D eigenvalue weighted by Crippen LogP contribution is 2.23. The van der Waals surface area contributed by atoms with E-state index in [9.17, 15) is 4.79 Å². The first-order valence-corrected chi connectivity index (χ1v) is 7.27. The van der Waals surface area contributed by atoms with Crippen molar-refractivity contribution in [3.8, 4) is 0 Å². The molecule has 22 heavy (non-hydrogen) atoms. The highest BCUT2D eigenvalue weighted by Gasteiger charge is 2.15. The number of nitrogens with one attached hydrogen (secondary N) is 1. The van der Waals surface area contributed by atoms with Crippen molar-refractivity contribution < 1.29 is 4.79 Å². The number of aromatic nitrogens is 1. The molecule has 0 aliphatic rings. The highest BCUT2D eigenvalue weighted by atomic mass is 35.5. The van der Waals surface area contributed by atoms with Crippen LogP contribution in [0.3, 0.4) is 0 Å². The van der Waals surface area contributed by atoms with Crippen LogP contribution in [0.2, 0.25) is 5.02 Å². The quantitative estimate of drug-likeness (QED) is 0.858. The van der Waals surface area contributed by atoms with Crippen LogP contribution < -0.4 is 11.1 Å². The van der Waals surface area contributed by atoms with E-state index in [1.54, 1.807) is 0 Å². The van der Waals surface area contributed by atoms with E-state index in [1.165, 1.54) is 17.8 Å². The van der Waals surface area contributed by atoms with Crippen molar-refractivity contribution in [3.05, 3.63) is 58.7 Å². The van der Waals surface area contributed by atoms with E-state index in [4.69, 9.17) is 17.3 Å². The maximum atomic E-state index is 11.1. The lowest BCUT2D eigenvalue weighted by molar-refractivity contribution is 0.1000. The van der Waals surface area contributed by atoms with Crippen molar-refractivity contribution in [1.29, 1.82) is 0 Å². The minimum atomic E-state index is -0.545. The minimum absolute atomic E-state index is 0.176. The molecule has 2 rings (SSSR count). The van der Waals surface area contributed by atoms with Crippen molar-refractivity contribution in [1.82, 2.24) is 9.88 Å². The zero-order chi connectivity index (χ0) is 16.1. The zero-order valence-corrected chi connectivity index (χ0v) is 13.3. The van der Waals surface area contributed by atoms with Gasteiger partial charge in [0.1, 0.15) is 5.82 Å². The Morgan fingerprint density at radius 2 is 2.05 bits per heavy atom. The van der Waals surface area contributed by atoms with E-state index in [-0.39, 0.29) is 6.04 Å². The molecule has 0 aliphatic carbocycles. The summed E-state index contributed by atoms with van der Waals surface area (Å²) in [6.45, 7) is 0.639. The summed E-state index contributed by atoms with van der Waals surface area (Å²) in [6.07, 6.45) is 1.42. The molecule has 2 aromatic rings. The Morgan fingerprint density at radius 1 is 1.36 bits per heavy atom. The van der Waals surface area contributed by atoms with Gasteiger partial charge in [0.05, 0.1) is 16.6 Å². The first-order chi connectivity index (χ1) is 10.5. The van der Waals surface area contributed by atoms with Gasteiger partial charge in [0.15, 0.2) is 0 Å². The summed E-state index contributed by atoms with van der Waals surface area (Å²) in [7, 11) is 4.04. The lowest BCUT2D eigenvalue weighted by atomic mass is 10.1. The zero-order valence-electron chi connectivity index (χ0n) is 12.6. The van der Waals surface area contributed by atoms with Gasteiger partial charge in [0.2, 0.25) is 5.91 Å². The number of carbonyl (C=O) groups excluding carboxylic acids is 1. The largest absolute Gasteiger partial charge is 0.367 e. The molecule has 5 nitrogen and oxygen atoms in total. The van der Waals surface area contributed by atoms with E-state index in [0.717, 1.165) is 0 Å². The number of nitrogens with two attached hydrogens (primary N) is 1. The van der Waals surface area contributed by atoms with Gasteiger partial charge in [-0.3, -0.25) is 4.79 Å². The van der Waals surface area contributed by atoms with Crippen molar-refractivity contribution >= 4 is 23.3 Å². The molecule has 1 amide bonds. The van der Waals surface area contributed by atoms with Gasteiger partial charge in [-0.15, -0.1) is 0 Å². The van der Waals surface area contributed by atoms with Gasteiger partial charge < -0.3 is 16.0 Å². The fourth-order valence-corrected chi connectivity index (χ4v) is 2.40. The molecule has 0 fully saturated rings. The third kappa shape index (κ3) is 3.96. The number of amides is 1. The van der Waals surface area contributed by atoms with Crippen molar-refractivity contribution in [2.45, 2.75) is 6.04 Å². The maximum absolute atomic E-state index is 11.1. The number of hydrogen-bond acceptors (Lipinski definition) is 4. The highest BCUT2D eigenvalue weighted by molar-refractivity contribution is 6.33. The van der Waals surface area contributed by atoms with E-state index in [2.05, 4.69) is 27.3 Å². The SMILES string of the molecule is CN(C)C(CNc1ncc(C(N)=O)cc1Cl)c1ccccc1. The number of rotatable bonds is 6. The summed E-state index contributed by atoms with van der Waals surface area (Å²) in [6, 6.07) is 11.9. The molecular formula is C16H19ClN4O. The van der Waals surface area contributed by atoms with E-state index in [1.807, 2.05) is 32.3 Å². The van der Waals surface area contributed by atoms with Crippen molar-refractivity contribution in [2.75, 3.05) is 26.0 Å². The predicted molar refractivity (Wildman–Crippen MR) is 89.1 cm³/mol. The lowest BCUT2D eigenvalue weighted by Gasteiger charge is -2.25. The Hall–Kier alpha value is -2.11. The molecule has 1 aromatic carbocycles. The van der Waals surface area contributed by atoms with E-state index < -0.39 is 5.91 Å². The van der Waals surface area contributed by atoms with Gasteiger partial charge in [-0.25, -0.2) is 4.98 Å². The van der Waals surface area contributed by atoms with Gasteiger partial charge in [0, 0.05) is 12.7 Å². The monoisotopic (exact) mass is 318 g/mol. The number of halogens is 1. The number of primary amides is 1. The fourth-order valence-electron chi connectivity index (χ4n) is 2.17. The first kappa shape index (κ1) is 16.3. The van der Waals surface area contributed by atoms with Crippen LogP contribution in [-0.2, 0) is 0 Å². The summed E-state index contributed by atoms with van der Waals surface area (Å²) in [5.41, 5.74) is 6.70. The Kier molecular flexibility index (Phi) is 5.35. The first-order valence-electron chi connectivity index (χ1n) is 6.89. The van der Waals surface area contributed by atoms with Crippen LogP contribution >= 0.6 is 11.6 Å². The molecule has 1 heterocycles.